The Balaban J connectivity index is 1.49. The van der Waals surface area contributed by atoms with Crippen LogP contribution in [0.2, 0.25) is 0 Å². The Bertz CT molecular complexity index is 1090. The summed E-state index contributed by atoms with van der Waals surface area (Å²) >= 11 is 0. The van der Waals surface area contributed by atoms with Crippen LogP contribution in [0.3, 0.4) is 0 Å². The van der Waals surface area contributed by atoms with E-state index in [1.54, 1.807) is 19.0 Å². The summed E-state index contributed by atoms with van der Waals surface area (Å²) in [6.45, 7) is 0.693. The third-order valence-corrected chi connectivity index (χ3v) is 6.55. The van der Waals surface area contributed by atoms with Gasteiger partial charge in [-0.1, -0.05) is 72.8 Å². The summed E-state index contributed by atoms with van der Waals surface area (Å²) in [6, 6.07) is 23.5. The van der Waals surface area contributed by atoms with Crippen LogP contribution in [-0.4, -0.2) is 49.4 Å². The van der Waals surface area contributed by atoms with Gasteiger partial charge in [-0.05, 0) is 54.1 Å². The lowest BCUT2D eigenvalue weighted by Gasteiger charge is -2.31. The minimum Gasteiger partial charge on any atom is -0.354 e. The van der Waals surface area contributed by atoms with Crippen molar-refractivity contribution in [3.05, 3.63) is 83.9 Å². The van der Waals surface area contributed by atoms with Crippen molar-refractivity contribution in [2.45, 2.75) is 37.8 Å². The molecule has 2 amide bonds. The first-order chi connectivity index (χ1) is 16.0. The van der Waals surface area contributed by atoms with Gasteiger partial charge in [0.25, 0.3) is 0 Å². The van der Waals surface area contributed by atoms with E-state index < -0.39 is 12.1 Å². The minimum absolute atomic E-state index is 0.0758. The van der Waals surface area contributed by atoms with Crippen LogP contribution in [0.5, 0.6) is 0 Å². The van der Waals surface area contributed by atoms with Crippen molar-refractivity contribution in [3.63, 3.8) is 0 Å². The van der Waals surface area contributed by atoms with Crippen LogP contribution in [0, 0.1) is 5.92 Å². The molecule has 5 heteroatoms. The standard InChI is InChI=1S/C28H33N3O2/c1-29-25(17-22-14-15-23-10-6-7-11-24(23)16-22)28(33)31(2)26(18-20-8-4-3-5-9-20)27(32)30-19-21-12-13-21/h3-11,14-16,21,25-26,29H,12-13,17-19H2,1-2H3,(H,30,32)/t25-,26-/m1/s1. The number of nitrogens with one attached hydrogen (secondary N) is 2. The average molecular weight is 444 g/mol. The van der Waals surface area contributed by atoms with E-state index in [2.05, 4.69) is 41.0 Å². The van der Waals surface area contributed by atoms with Crippen molar-refractivity contribution in [1.29, 1.82) is 0 Å². The third kappa shape index (κ3) is 5.99. The van der Waals surface area contributed by atoms with E-state index in [4.69, 9.17) is 0 Å². The molecule has 0 bridgehead atoms. The molecule has 5 nitrogen and oxygen atoms in total. The first-order valence-corrected chi connectivity index (χ1v) is 11.8. The highest BCUT2D eigenvalue weighted by molar-refractivity contribution is 5.90. The molecule has 4 rings (SSSR count). The Labute approximate surface area is 196 Å². The summed E-state index contributed by atoms with van der Waals surface area (Å²) in [6.07, 6.45) is 3.40. The number of likely N-dealkylation sites (N-methyl/N-ethyl adjacent to an activating group) is 2. The quantitative estimate of drug-likeness (QED) is 0.504. The molecule has 1 saturated carbocycles. The van der Waals surface area contributed by atoms with Crippen molar-refractivity contribution >= 4 is 22.6 Å². The molecular formula is C28H33N3O2. The van der Waals surface area contributed by atoms with Crippen molar-refractivity contribution in [2.75, 3.05) is 20.6 Å². The molecule has 1 fully saturated rings. The number of hydrogen-bond donors (Lipinski definition) is 2. The Kier molecular flexibility index (Phi) is 7.40. The highest BCUT2D eigenvalue weighted by Gasteiger charge is 2.32. The first kappa shape index (κ1) is 23.0. The summed E-state index contributed by atoms with van der Waals surface area (Å²) in [5.74, 6) is 0.431. The molecule has 0 unspecified atom stereocenters. The monoisotopic (exact) mass is 443 g/mol. The molecule has 0 aromatic heterocycles. The molecule has 0 radical (unpaired) electrons. The molecule has 172 valence electrons. The van der Waals surface area contributed by atoms with Gasteiger partial charge in [-0.15, -0.1) is 0 Å². The number of carbonyl (C=O) groups excluding carboxylic acids is 2. The maximum absolute atomic E-state index is 13.5. The zero-order valence-electron chi connectivity index (χ0n) is 19.5. The molecule has 0 heterocycles. The molecule has 0 aliphatic heterocycles. The molecule has 0 spiro atoms. The molecule has 1 aliphatic rings. The number of carbonyl (C=O) groups is 2. The van der Waals surface area contributed by atoms with Crippen molar-refractivity contribution < 1.29 is 9.59 Å². The van der Waals surface area contributed by atoms with Crippen molar-refractivity contribution in [2.24, 2.45) is 5.92 Å². The van der Waals surface area contributed by atoms with Crippen LogP contribution in [-0.2, 0) is 22.4 Å². The summed E-state index contributed by atoms with van der Waals surface area (Å²) in [5.41, 5.74) is 2.13. The molecule has 33 heavy (non-hydrogen) atoms. The molecule has 2 N–H and O–H groups in total. The fourth-order valence-corrected chi connectivity index (χ4v) is 4.24. The van der Waals surface area contributed by atoms with Gasteiger partial charge in [-0.3, -0.25) is 9.59 Å². The van der Waals surface area contributed by atoms with Gasteiger partial charge in [0.2, 0.25) is 11.8 Å². The van der Waals surface area contributed by atoms with Gasteiger partial charge in [0.1, 0.15) is 6.04 Å². The number of rotatable bonds is 10. The molecule has 3 aromatic carbocycles. The Morgan fingerprint density at radius 1 is 0.909 bits per heavy atom. The normalized spacial score (nSPS) is 15.1. The van der Waals surface area contributed by atoms with Crippen LogP contribution in [0.15, 0.2) is 72.8 Å². The third-order valence-electron chi connectivity index (χ3n) is 6.55. The minimum atomic E-state index is -0.550. The first-order valence-electron chi connectivity index (χ1n) is 11.8. The molecule has 0 saturated heterocycles. The Morgan fingerprint density at radius 3 is 2.30 bits per heavy atom. The highest BCUT2D eigenvalue weighted by atomic mass is 16.2. The molecule has 2 atom stereocenters. The van der Waals surface area contributed by atoms with Crippen molar-refractivity contribution in [3.8, 4) is 0 Å². The number of nitrogens with zero attached hydrogens (tertiary/aromatic N) is 1. The number of hydrogen-bond acceptors (Lipinski definition) is 3. The molecular weight excluding hydrogens is 410 g/mol. The lowest BCUT2D eigenvalue weighted by atomic mass is 9.99. The zero-order chi connectivity index (χ0) is 23.2. The predicted molar refractivity (Wildman–Crippen MR) is 133 cm³/mol. The van der Waals surface area contributed by atoms with Gasteiger partial charge in [0, 0.05) is 20.0 Å². The average Bonchev–Trinajstić information content (AvgIpc) is 3.68. The summed E-state index contributed by atoms with van der Waals surface area (Å²) in [5, 5.41) is 8.59. The lowest BCUT2D eigenvalue weighted by molar-refractivity contribution is -0.140. The zero-order valence-corrected chi connectivity index (χ0v) is 19.5. The maximum Gasteiger partial charge on any atom is 0.243 e. The van der Waals surface area contributed by atoms with Crippen LogP contribution in [0.25, 0.3) is 10.8 Å². The highest BCUT2D eigenvalue weighted by Crippen LogP contribution is 2.27. The van der Waals surface area contributed by atoms with Crippen LogP contribution < -0.4 is 10.6 Å². The summed E-state index contributed by atoms with van der Waals surface area (Å²) < 4.78 is 0. The topological polar surface area (TPSA) is 61.4 Å². The van der Waals surface area contributed by atoms with Gasteiger partial charge in [0.15, 0.2) is 0 Å². The maximum atomic E-state index is 13.5. The fraction of sp³-hybridized carbons (Fsp3) is 0.357. The number of amides is 2. The summed E-state index contributed by atoms with van der Waals surface area (Å²) in [7, 11) is 3.55. The largest absolute Gasteiger partial charge is 0.354 e. The fourth-order valence-electron chi connectivity index (χ4n) is 4.24. The van der Waals surface area contributed by atoms with E-state index >= 15 is 0 Å². The molecule has 1 aliphatic carbocycles. The lowest BCUT2D eigenvalue weighted by Crippen LogP contribution is -2.54. The predicted octanol–water partition coefficient (Wildman–Crippen LogP) is 3.57. The van der Waals surface area contributed by atoms with Gasteiger partial charge in [-0.25, -0.2) is 0 Å². The van der Waals surface area contributed by atoms with Gasteiger partial charge < -0.3 is 15.5 Å². The van der Waals surface area contributed by atoms with Crippen LogP contribution >= 0.6 is 0 Å². The van der Waals surface area contributed by atoms with E-state index in [0.717, 1.165) is 16.5 Å². The number of fused-ring (bicyclic) bond motifs is 1. The van der Waals surface area contributed by atoms with Gasteiger partial charge >= 0.3 is 0 Å². The van der Waals surface area contributed by atoms with Gasteiger partial charge in [0.05, 0.1) is 6.04 Å². The summed E-state index contributed by atoms with van der Waals surface area (Å²) in [4.78, 5) is 28.3. The SMILES string of the molecule is CN[C@H](Cc1ccc2ccccc2c1)C(=O)N(C)[C@H](Cc1ccccc1)C(=O)NCC1CC1. The van der Waals surface area contributed by atoms with Crippen LogP contribution in [0.4, 0.5) is 0 Å². The number of benzene rings is 3. The van der Waals surface area contributed by atoms with Crippen LogP contribution in [0.1, 0.15) is 24.0 Å². The van der Waals surface area contributed by atoms with E-state index in [9.17, 15) is 9.59 Å². The van der Waals surface area contributed by atoms with E-state index in [-0.39, 0.29) is 11.8 Å². The second-order valence-corrected chi connectivity index (χ2v) is 9.07. The Morgan fingerprint density at radius 2 is 1.61 bits per heavy atom. The van der Waals surface area contributed by atoms with E-state index in [0.29, 0.717) is 25.3 Å². The smallest absolute Gasteiger partial charge is 0.243 e. The van der Waals surface area contributed by atoms with Gasteiger partial charge in [-0.2, -0.15) is 0 Å². The second kappa shape index (κ2) is 10.6. The Hall–Kier alpha value is -3.18. The second-order valence-electron chi connectivity index (χ2n) is 9.07. The van der Waals surface area contributed by atoms with E-state index in [1.807, 2.05) is 42.5 Å². The molecule has 3 aromatic rings. The van der Waals surface area contributed by atoms with Crippen molar-refractivity contribution in [1.82, 2.24) is 15.5 Å². The van der Waals surface area contributed by atoms with E-state index in [1.165, 1.54) is 18.2 Å².